The number of amides is 1. The predicted molar refractivity (Wildman–Crippen MR) is 133 cm³/mol. The van der Waals surface area contributed by atoms with Gasteiger partial charge < -0.3 is 4.90 Å². The zero-order valence-electron chi connectivity index (χ0n) is 19.8. The van der Waals surface area contributed by atoms with Crippen molar-refractivity contribution in [3.63, 3.8) is 0 Å². The second-order valence-corrected chi connectivity index (χ2v) is 8.95. The van der Waals surface area contributed by atoms with Crippen LogP contribution in [0.4, 0.5) is 4.39 Å². The van der Waals surface area contributed by atoms with Crippen LogP contribution in [0, 0.1) is 18.7 Å². The van der Waals surface area contributed by atoms with Crippen LogP contribution in [0.25, 0.3) is 16.6 Å². The average Bonchev–Trinajstić information content (AvgIpc) is 2.82. The van der Waals surface area contributed by atoms with Crippen LogP contribution < -0.4 is 5.56 Å². The van der Waals surface area contributed by atoms with Crippen molar-refractivity contribution in [3.8, 4) is 5.69 Å². The minimum Gasteiger partial charge on any atom is -0.328 e. The van der Waals surface area contributed by atoms with Crippen LogP contribution in [0.15, 0.2) is 77.6 Å². The molecule has 1 heterocycles. The molecule has 1 amide bonds. The van der Waals surface area contributed by atoms with Crippen molar-refractivity contribution in [2.24, 2.45) is 5.92 Å². The van der Waals surface area contributed by atoms with E-state index < -0.39 is 11.9 Å². The summed E-state index contributed by atoms with van der Waals surface area (Å²) < 4.78 is 15.5. The Morgan fingerprint density at radius 3 is 2.41 bits per heavy atom. The lowest BCUT2D eigenvalue weighted by atomic mass is 10.1. The highest BCUT2D eigenvalue weighted by Crippen LogP contribution is 2.26. The number of hydrogen-bond donors (Lipinski definition) is 0. The van der Waals surface area contributed by atoms with E-state index in [9.17, 15) is 14.0 Å². The van der Waals surface area contributed by atoms with Gasteiger partial charge in [-0.1, -0.05) is 50.2 Å². The molecule has 34 heavy (non-hydrogen) atoms. The molecule has 0 aliphatic carbocycles. The van der Waals surface area contributed by atoms with Gasteiger partial charge in [0.25, 0.3) is 11.5 Å². The molecule has 0 N–H and O–H groups in total. The van der Waals surface area contributed by atoms with Crippen molar-refractivity contribution in [1.82, 2.24) is 14.5 Å². The summed E-state index contributed by atoms with van der Waals surface area (Å²) in [7, 11) is 0. The lowest BCUT2D eigenvalue weighted by Gasteiger charge is -2.32. The SMILES string of the molecule is Cc1ccccc1-n1c(C(C)N(CC(C)C)C(=O)c2cccc(F)c2)nc2ccccc2c1=O. The van der Waals surface area contributed by atoms with Crippen LogP contribution in [0.2, 0.25) is 0 Å². The molecular formula is C28H28FN3O2. The second kappa shape index (κ2) is 9.59. The largest absolute Gasteiger partial charge is 0.328 e. The molecule has 4 aromatic rings. The number of nitrogens with zero attached hydrogens (tertiary/aromatic N) is 3. The van der Waals surface area contributed by atoms with Crippen LogP contribution in [-0.4, -0.2) is 26.9 Å². The first kappa shape index (κ1) is 23.4. The molecule has 4 rings (SSSR count). The Hall–Kier alpha value is -3.80. The summed E-state index contributed by atoms with van der Waals surface area (Å²) in [4.78, 5) is 33.8. The predicted octanol–water partition coefficient (Wildman–Crippen LogP) is 5.69. The van der Waals surface area contributed by atoms with Crippen molar-refractivity contribution >= 4 is 16.8 Å². The van der Waals surface area contributed by atoms with Crippen LogP contribution in [-0.2, 0) is 0 Å². The van der Waals surface area contributed by atoms with Gasteiger partial charge in [-0.15, -0.1) is 0 Å². The zero-order chi connectivity index (χ0) is 24.4. The van der Waals surface area contributed by atoms with Crippen molar-refractivity contribution in [3.05, 3.63) is 106 Å². The number of aromatic nitrogens is 2. The van der Waals surface area contributed by atoms with Crippen LogP contribution in [0.5, 0.6) is 0 Å². The van der Waals surface area contributed by atoms with E-state index in [1.807, 2.05) is 64.1 Å². The number of para-hydroxylation sites is 2. The minimum absolute atomic E-state index is 0.152. The fraction of sp³-hybridized carbons (Fsp3) is 0.250. The van der Waals surface area contributed by atoms with E-state index in [1.54, 1.807) is 27.7 Å². The first-order valence-corrected chi connectivity index (χ1v) is 11.4. The summed E-state index contributed by atoms with van der Waals surface area (Å²) in [6.45, 7) is 8.26. The van der Waals surface area contributed by atoms with Gasteiger partial charge >= 0.3 is 0 Å². The topological polar surface area (TPSA) is 55.2 Å². The van der Waals surface area contributed by atoms with Gasteiger partial charge in [-0.25, -0.2) is 9.37 Å². The molecule has 3 aromatic carbocycles. The van der Waals surface area contributed by atoms with E-state index in [0.29, 0.717) is 23.3 Å². The fourth-order valence-electron chi connectivity index (χ4n) is 4.21. The number of hydrogen-bond acceptors (Lipinski definition) is 3. The van der Waals surface area contributed by atoms with Gasteiger partial charge in [-0.3, -0.25) is 14.2 Å². The summed E-state index contributed by atoms with van der Waals surface area (Å²) in [5, 5.41) is 0.508. The number of rotatable bonds is 6. The molecule has 1 aromatic heterocycles. The fourth-order valence-corrected chi connectivity index (χ4v) is 4.21. The van der Waals surface area contributed by atoms with Crippen molar-refractivity contribution in [1.29, 1.82) is 0 Å². The number of benzene rings is 3. The van der Waals surface area contributed by atoms with Gasteiger partial charge in [-0.05, 0) is 61.7 Å². The molecule has 174 valence electrons. The van der Waals surface area contributed by atoms with Crippen LogP contribution in [0.3, 0.4) is 0 Å². The quantitative estimate of drug-likeness (QED) is 0.374. The summed E-state index contributed by atoms with van der Waals surface area (Å²) in [6, 6.07) is 20.0. The van der Waals surface area contributed by atoms with Gasteiger partial charge in [-0.2, -0.15) is 0 Å². The second-order valence-electron chi connectivity index (χ2n) is 8.95. The van der Waals surface area contributed by atoms with Crippen molar-refractivity contribution in [2.75, 3.05) is 6.54 Å². The summed E-state index contributed by atoms with van der Waals surface area (Å²) in [5.41, 5.74) is 2.28. The highest BCUT2D eigenvalue weighted by atomic mass is 19.1. The third-order valence-corrected chi connectivity index (χ3v) is 5.89. The number of carbonyl (C=O) groups excluding carboxylic acids is 1. The molecule has 1 unspecified atom stereocenters. The van der Waals surface area contributed by atoms with Gasteiger partial charge in [0.05, 0.1) is 22.6 Å². The third-order valence-electron chi connectivity index (χ3n) is 5.89. The molecule has 0 spiro atoms. The maximum Gasteiger partial charge on any atom is 0.266 e. The van der Waals surface area contributed by atoms with E-state index >= 15 is 0 Å². The van der Waals surface area contributed by atoms with Gasteiger partial charge in [0.15, 0.2) is 0 Å². The maximum absolute atomic E-state index is 13.9. The molecular weight excluding hydrogens is 429 g/mol. The van der Waals surface area contributed by atoms with Crippen LogP contribution >= 0.6 is 0 Å². The molecule has 0 bridgehead atoms. The Balaban J connectivity index is 1.94. The van der Waals surface area contributed by atoms with Gasteiger partial charge in [0.1, 0.15) is 11.6 Å². The Bertz CT molecular complexity index is 1410. The van der Waals surface area contributed by atoms with Crippen molar-refractivity contribution < 1.29 is 9.18 Å². The zero-order valence-corrected chi connectivity index (χ0v) is 19.8. The molecule has 5 nitrogen and oxygen atoms in total. The lowest BCUT2D eigenvalue weighted by Crippen LogP contribution is -2.39. The standard InChI is InChI=1S/C28H28FN3O2/c1-18(2)17-31(27(33)21-11-9-12-22(29)16-21)20(4)26-30-24-14-7-6-13-23(24)28(34)32(26)25-15-8-5-10-19(25)3/h5-16,18,20H,17H2,1-4H3. The molecule has 0 radical (unpaired) electrons. The van der Waals surface area contributed by atoms with Crippen molar-refractivity contribution in [2.45, 2.75) is 33.7 Å². The normalized spacial score (nSPS) is 12.2. The Morgan fingerprint density at radius 2 is 1.71 bits per heavy atom. The molecule has 0 saturated carbocycles. The van der Waals surface area contributed by atoms with E-state index in [4.69, 9.17) is 4.98 Å². The van der Waals surface area contributed by atoms with E-state index in [0.717, 1.165) is 11.3 Å². The smallest absolute Gasteiger partial charge is 0.266 e. The Morgan fingerprint density at radius 1 is 1.00 bits per heavy atom. The molecule has 0 fully saturated rings. The molecule has 6 heteroatoms. The highest BCUT2D eigenvalue weighted by molar-refractivity contribution is 5.94. The van der Waals surface area contributed by atoms with Gasteiger partial charge in [0, 0.05) is 12.1 Å². The van der Waals surface area contributed by atoms with E-state index in [2.05, 4.69) is 0 Å². The van der Waals surface area contributed by atoms with E-state index in [-0.39, 0.29) is 22.9 Å². The van der Waals surface area contributed by atoms with Gasteiger partial charge in [0.2, 0.25) is 0 Å². The third kappa shape index (κ3) is 4.49. The maximum atomic E-state index is 13.9. The summed E-state index contributed by atoms with van der Waals surface area (Å²) in [5.74, 6) is -0.162. The average molecular weight is 458 g/mol. The Labute approximate surface area is 198 Å². The summed E-state index contributed by atoms with van der Waals surface area (Å²) in [6.07, 6.45) is 0. The summed E-state index contributed by atoms with van der Waals surface area (Å²) >= 11 is 0. The van der Waals surface area contributed by atoms with E-state index in [1.165, 1.54) is 18.2 Å². The highest BCUT2D eigenvalue weighted by Gasteiger charge is 2.28. The number of carbonyl (C=O) groups is 1. The first-order valence-electron chi connectivity index (χ1n) is 11.4. The first-order chi connectivity index (χ1) is 16.3. The monoisotopic (exact) mass is 457 g/mol. The number of halogens is 1. The number of fused-ring (bicyclic) bond motifs is 1. The molecule has 0 aliphatic rings. The van der Waals surface area contributed by atoms with Crippen LogP contribution in [0.1, 0.15) is 48.6 Å². The Kier molecular flexibility index (Phi) is 6.59. The minimum atomic E-state index is -0.546. The molecule has 1 atom stereocenters. The molecule has 0 aliphatic heterocycles. The lowest BCUT2D eigenvalue weighted by molar-refractivity contribution is 0.0654. The number of aryl methyl sites for hydroxylation is 1. The molecule has 0 saturated heterocycles.